The van der Waals surface area contributed by atoms with E-state index in [9.17, 15) is 8.42 Å². The Balaban J connectivity index is 2.30. The smallest absolute Gasteiger partial charge is 0.211 e. The number of sulfonamides is 1. The van der Waals surface area contributed by atoms with Gasteiger partial charge in [-0.05, 0) is 32.1 Å². The highest BCUT2D eigenvalue weighted by Gasteiger charge is 2.13. The van der Waals surface area contributed by atoms with E-state index >= 15 is 0 Å². The van der Waals surface area contributed by atoms with Gasteiger partial charge < -0.3 is 0 Å². The predicted octanol–water partition coefficient (Wildman–Crippen LogP) is 1.28. The lowest BCUT2D eigenvalue weighted by Gasteiger charge is -2.17. The van der Waals surface area contributed by atoms with Crippen molar-refractivity contribution < 1.29 is 8.42 Å². The molecule has 0 heterocycles. The normalized spacial score (nSPS) is 23.3. The minimum atomic E-state index is -2.99. The Bertz CT molecular complexity index is 269. The van der Waals surface area contributed by atoms with Crippen molar-refractivity contribution in [3.63, 3.8) is 0 Å². The van der Waals surface area contributed by atoms with Crippen LogP contribution in [0.4, 0.5) is 0 Å². The Morgan fingerprint density at radius 2 is 2.23 bits per heavy atom. The average molecular weight is 203 g/mol. The summed E-state index contributed by atoms with van der Waals surface area (Å²) in [5.41, 5.74) is 0. The van der Waals surface area contributed by atoms with Crippen LogP contribution in [0, 0.1) is 5.92 Å². The molecule has 0 amide bonds. The van der Waals surface area contributed by atoms with Crippen LogP contribution in [0.25, 0.3) is 0 Å². The van der Waals surface area contributed by atoms with Crippen molar-refractivity contribution in [3.05, 3.63) is 12.2 Å². The molecule has 0 saturated carbocycles. The summed E-state index contributed by atoms with van der Waals surface area (Å²) < 4.78 is 24.8. The van der Waals surface area contributed by atoms with Crippen LogP contribution < -0.4 is 4.72 Å². The summed E-state index contributed by atoms with van der Waals surface area (Å²) in [5.74, 6) is 0.668. The summed E-state index contributed by atoms with van der Waals surface area (Å²) in [5, 5.41) is 0. The maximum Gasteiger partial charge on any atom is 0.211 e. The van der Waals surface area contributed by atoms with E-state index in [0.29, 0.717) is 12.5 Å². The third-order valence-corrected chi connectivity index (χ3v) is 3.72. The van der Waals surface area contributed by atoms with E-state index in [0.717, 1.165) is 19.3 Å². The van der Waals surface area contributed by atoms with Crippen molar-refractivity contribution in [1.82, 2.24) is 4.72 Å². The maximum absolute atomic E-state index is 11.1. The summed E-state index contributed by atoms with van der Waals surface area (Å²) in [4.78, 5) is 0. The summed E-state index contributed by atoms with van der Waals surface area (Å²) in [6, 6.07) is 0. The third-order valence-electron chi connectivity index (χ3n) is 2.35. The van der Waals surface area contributed by atoms with E-state index in [4.69, 9.17) is 0 Å². The molecule has 0 spiro atoms. The first-order valence-electron chi connectivity index (χ1n) is 4.76. The van der Waals surface area contributed by atoms with Gasteiger partial charge in [0.25, 0.3) is 0 Å². The fraction of sp³-hybridized carbons (Fsp3) is 0.778. The topological polar surface area (TPSA) is 46.2 Å². The van der Waals surface area contributed by atoms with Crippen LogP contribution in [-0.2, 0) is 10.0 Å². The molecule has 1 unspecified atom stereocenters. The van der Waals surface area contributed by atoms with Crippen molar-refractivity contribution in [3.8, 4) is 0 Å². The molecule has 1 N–H and O–H groups in total. The Morgan fingerprint density at radius 1 is 1.46 bits per heavy atom. The van der Waals surface area contributed by atoms with Crippen LogP contribution >= 0.6 is 0 Å². The number of hydrogen-bond acceptors (Lipinski definition) is 2. The number of allylic oxidation sites excluding steroid dienone is 2. The van der Waals surface area contributed by atoms with Crippen LogP contribution in [0.15, 0.2) is 12.2 Å². The Kier molecular flexibility index (Phi) is 3.93. The van der Waals surface area contributed by atoms with Crippen molar-refractivity contribution in [2.75, 3.05) is 12.3 Å². The lowest BCUT2D eigenvalue weighted by atomic mass is 9.95. The quantitative estimate of drug-likeness (QED) is 0.700. The van der Waals surface area contributed by atoms with E-state index in [1.807, 2.05) is 0 Å². The number of nitrogens with one attached hydrogen (secondary N) is 1. The van der Waals surface area contributed by atoms with Gasteiger partial charge in [-0.1, -0.05) is 12.2 Å². The molecule has 0 saturated heterocycles. The maximum atomic E-state index is 11.1. The highest BCUT2D eigenvalue weighted by molar-refractivity contribution is 7.89. The fourth-order valence-electron chi connectivity index (χ4n) is 1.39. The van der Waals surface area contributed by atoms with Gasteiger partial charge in [-0.2, -0.15) is 0 Å². The van der Waals surface area contributed by atoms with E-state index in [-0.39, 0.29) is 5.75 Å². The van der Waals surface area contributed by atoms with Crippen molar-refractivity contribution >= 4 is 10.0 Å². The zero-order valence-corrected chi connectivity index (χ0v) is 8.81. The van der Waals surface area contributed by atoms with Crippen molar-refractivity contribution in [1.29, 1.82) is 0 Å². The first kappa shape index (κ1) is 10.7. The molecule has 0 aromatic carbocycles. The van der Waals surface area contributed by atoms with E-state index in [1.54, 1.807) is 6.92 Å². The van der Waals surface area contributed by atoms with Crippen LogP contribution in [-0.4, -0.2) is 20.7 Å². The van der Waals surface area contributed by atoms with E-state index < -0.39 is 10.0 Å². The molecule has 0 aromatic heterocycles. The van der Waals surface area contributed by atoms with Crippen LogP contribution in [0.2, 0.25) is 0 Å². The summed E-state index contributed by atoms with van der Waals surface area (Å²) in [7, 11) is -2.99. The molecule has 1 rings (SSSR count). The Hall–Kier alpha value is -0.350. The monoisotopic (exact) mass is 203 g/mol. The van der Waals surface area contributed by atoms with Crippen LogP contribution in [0.1, 0.15) is 26.2 Å². The second-order valence-corrected chi connectivity index (χ2v) is 5.50. The highest BCUT2D eigenvalue weighted by Crippen LogP contribution is 2.16. The van der Waals surface area contributed by atoms with Gasteiger partial charge in [0.15, 0.2) is 0 Å². The van der Waals surface area contributed by atoms with Gasteiger partial charge in [0.1, 0.15) is 0 Å². The van der Waals surface area contributed by atoms with Gasteiger partial charge in [0.2, 0.25) is 10.0 Å². The standard InChI is InChI=1S/C9H17NO2S/c1-2-13(11,12)10-8-9-6-4-3-5-7-9/h3-4,9-10H,2,5-8H2,1H3. The average Bonchev–Trinajstić information content (AvgIpc) is 2.17. The first-order valence-corrected chi connectivity index (χ1v) is 6.41. The first-order chi connectivity index (χ1) is 6.14. The van der Waals surface area contributed by atoms with Crippen molar-refractivity contribution in [2.24, 2.45) is 5.92 Å². The second-order valence-electron chi connectivity index (χ2n) is 3.40. The number of hydrogen-bond donors (Lipinski definition) is 1. The fourth-order valence-corrected chi connectivity index (χ4v) is 2.08. The molecule has 1 atom stereocenters. The molecule has 0 radical (unpaired) electrons. The zero-order valence-electron chi connectivity index (χ0n) is 7.99. The van der Waals surface area contributed by atoms with Gasteiger partial charge in [-0.25, -0.2) is 13.1 Å². The van der Waals surface area contributed by atoms with Crippen LogP contribution in [0.3, 0.4) is 0 Å². The molecule has 0 aromatic rings. The minimum Gasteiger partial charge on any atom is -0.215 e. The van der Waals surface area contributed by atoms with Gasteiger partial charge in [-0.3, -0.25) is 0 Å². The summed E-state index contributed by atoms with van der Waals surface area (Å²) in [6.45, 7) is 2.25. The Morgan fingerprint density at radius 3 is 2.77 bits per heavy atom. The lowest BCUT2D eigenvalue weighted by Crippen LogP contribution is -2.30. The molecule has 0 fully saturated rings. The summed E-state index contributed by atoms with van der Waals surface area (Å²) in [6.07, 6.45) is 7.48. The van der Waals surface area contributed by atoms with Gasteiger partial charge >= 0.3 is 0 Å². The minimum absolute atomic E-state index is 0.176. The molecule has 76 valence electrons. The van der Waals surface area contributed by atoms with Crippen molar-refractivity contribution in [2.45, 2.75) is 26.2 Å². The second kappa shape index (κ2) is 4.77. The van der Waals surface area contributed by atoms with Gasteiger partial charge in [0, 0.05) is 6.54 Å². The molecule has 13 heavy (non-hydrogen) atoms. The molecular weight excluding hydrogens is 186 g/mol. The molecule has 4 heteroatoms. The van der Waals surface area contributed by atoms with Gasteiger partial charge in [0.05, 0.1) is 5.75 Å². The largest absolute Gasteiger partial charge is 0.215 e. The number of rotatable bonds is 4. The van der Waals surface area contributed by atoms with Crippen LogP contribution in [0.5, 0.6) is 0 Å². The van der Waals surface area contributed by atoms with Gasteiger partial charge in [-0.15, -0.1) is 0 Å². The lowest BCUT2D eigenvalue weighted by molar-refractivity contribution is 0.468. The molecule has 0 bridgehead atoms. The highest BCUT2D eigenvalue weighted by atomic mass is 32.2. The van der Waals surface area contributed by atoms with E-state index in [1.165, 1.54) is 0 Å². The third kappa shape index (κ3) is 3.91. The molecular formula is C9H17NO2S. The Labute approximate surface area is 80.3 Å². The molecule has 0 aliphatic heterocycles. The molecule has 3 nitrogen and oxygen atoms in total. The zero-order chi connectivity index (χ0) is 9.73. The SMILES string of the molecule is CCS(=O)(=O)NCC1CC=CCC1. The van der Waals surface area contributed by atoms with E-state index in [2.05, 4.69) is 16.9 Å². The molecule has 1 aliphatic carbocycles. The molecule has 1 aliphatic rings. The predicted molar refractivity (Wildman–Crippen MR) is 53.9 cm³/mol. The summed E-state index contributed by atoms with van der Waals surface area (Å²) >= 11 is 0.